The van der Waals surface area contributed by atoms with Gasteiger partial charge >= 0.3 is 0 Å². The molecule has 0 unspecified atom stereocenters. The molecule has 0 bridgehead atoms. The standard InChI is InChI=1S/C16H15BrN2O3S/c1-2-9-22-16-10-12(7-8-13(16)17)23(20,21)19-11-18-14-5-3-4-6-15(14)19/h3-8,10-11H,2,9H2,1H3. The Balaban J connectivity index is 2.09. The van der Waals surface area contributed by atoms with Crippen molar-refractivity contribution >= 4 is 37.0 Å². The van der Waals surface area contributed by atoms with Crippen LogP contribution in [0.3, 0.4) is 0 Å². The molecule has 1 aromatic heterocycles. The summed E-state index contributed by atoms with van der Waals surface area (Å²) < 4.78 is 33.3. The van der Waals surface area contributed by atoms with Crippen LogP contribution < -0.4 is 4.74 Å². The number of hydrogen-bond acceptors (Lipinski definition) is 4. The Morgan fingerprint density at radius 3 is 2.78 bits per heavy atom. The second-order valence-corrected chi connectivity index (χ2v) is 7.64. The van der Waals surface area contributed by atoms with Crippen LogP contribution in [-0.2, 0) is 10.0 Å². The molecule has 7 heteroatoms. The number of nitrogens with zero attached hydrogens (tertiary/aromatic N) is 2. The van der Waals surface area contributed by atoms with Crippen molar-refractivity contribution in [3.8, 4) is 5.75 Å². The molecule has 0 atom stereocenters. The van der Waals surface area contributed by atoms with Gasteiger partial charge in [0, 0.05) is 6.07 Å². The number of para-hydroxylation sites is 2. The number of aromatic nitrogens is 2. The minimum atomic E-state index is -3.73. The fourth-order valence-electron chi connectivity index (χ4n) is 2.21. The summed E-state index contributed by atoms with van der Waals surface area (Å²) in [5.41, 5.74) is 1.18. The fourth-order valence-corrected chi connectivity index (χ4v) is 3.88. The van der Waals surface area contributed by atoms with Crippen molar-refractivity contribution in [1.29, 1.82) is 0 Å². The third-order valence-electron chi connectivity index (χ3n) is 3.34. The molecule has 0 saturated carbocycles. The minimum absolute atomic E-state index is 0.162. The lowest BCUT2D eigenvalue weighted by Gasteiger charge is -2.11. The molecule has 0 radical (unpaired) electrons. The highest BCUT2D eigenvalue weighted by Gasteiger charge is 2.21. The lowest BCUT2D eigenvalue weighted by Crippen LogP contribution is -2.12. The van der Waals surface area contributed by atoms with E-state index in [9.17, 15) is 8.42 Å². The first-order chi connectivity index (χ1) is 11.0. The number of hydrogen-bond donors (Lipinski definition) is 0. The van der Waals surface area contributed by atoms with E-state index in [-0.39, 0.29) is 4.90 Å². The van der Waals surface area contributed by atoms with Crippen LogP contribution in [0.2, 0.25) is 0 Å². The molecule has 0 saturated heterocycles. The van der Waals surface area contributed by atoms with Gasteiger partial charge < -0.3 is 4.74 Å². The molecule has 120 valence electrons. The minimum Gasteiger partial charge on any atom is -0.492 e. The van der Waals surface area contributed by atoms with Crippen LogP contribution in [0.5, 0.6) is 5.75 Å². The van der Waals surface area contributed by atoms with Gasteiger partial charge in [0.25, 0.3) is 10.0 Å². The van der Waals surface area contributed by atoms with E-state index >= 15 is 0 Å². The number of ether oxygens (including phenoxy) is 1. The Morgan fingerprint density at radius 1 is 1.22 bits per heavy atom. The molecule has 0 spiro atoms. The van der Waals surface area contributed by atoms with Gasteiger partial charge in [-0.05, 0) is 46.6 Å². The molecule has 23 heavy (non-hydrogen) atoms. The van der Waals surface area contributed by atoms with E-state index in [0.717, 1.165) is 10.9 Å². The van der Waals surface area contributed by atoms with Gasteiger partial charge in [-0.3, -0.25) is 0 Å². The molecule has 3 aromatic rings. The maximum atomic E-state index is 12.9. The fraction of sp³-hybridized carbons (Fsp3) is 0.188. The van der Waals surface area contributed by atoms with Crippen LogP contribution in [0.25, 0.3) is 11.0 Å². The highest BCUT2D eigenvalue weighted by molar-refractivity contribution is 9.10. The van der Waals surface area contributed by atoms with Crippen molar-refractivity contribution in [1.82, 2.24) is 8.96 Å². The van der Waals surface area contributed by atoms with Gasteiger partial charge in [-0.25, -0.2) is 17.4 Å². The Kier molecular flexibility index (Phi) is 4.41. The molecule has 2 aromatic carbocycles. The SMILES string of the molecule is CCCOc1cc(S(=O)(=O)n2cnc3ccccc32)ccc1Br. The summed E-state index contributed by atoms with van der Waals surface area (Å²) >= 11 is 3.38. The third-order valence-corrected chi connectivity index (χ3v) is 5.66. The van der Waals surface area contributed by atoms with Crippen molar-refractivity contribution < 1.29 is 13.2 Å². The summed E-state index contributed by atoms with van der Waals surface area (Å²) in [6.07, 6.45) is 2.17. The second kappa shape index (κ2) is 6.33. The zero-order valence-electron chi connectivity index (χ0n) is 12.4. The van der Waals surface area contributed by atoms with Gasteiger partial charge in [0.05, 0.1) is 27.0 Å². The van der Waals surface area contributed by atoms with E-state index in [1.54, 1.807) is 30.3 Å². The number of fused-ring (bicyclic) bond motifs is 1. The molecule has 0 amide bonds. The Morgan fingerprint density at radius 2 is 2.00 bits per heavy atom. The van der Waals surface area contributed by atoms with Gasteiger partial charge in [0.2, 0.25) is 0 Å². The summed E-state index contributed by atoms with van der Waals surface area (Å²) in [7, 11) is -3.73. The Bertz CT molecular complexity index is 951. The highest BCUT2D eigenvalue weighted by Crippen LogP contribution is 2.30. The number of benzene rings is 2. The number of halogens is 1. The summed E-state index contributed by atoms with van der Waals surface area (Å²) in [4.78, 5) is 4.31. The van der Waals surface area contributed by atoms with Crippen LogP contribution in [0.1, 0.15) is 13.3 Å². The zero-order valence-corrected chi connectivity index (χ0v) is 14.8. The van der Waals surface area contributed by atoms with Crippen molar-refractivity contribution in [2.75, 3.05) is 6.61 Å². The Hall–Kier alpha value is -1.86. The highest BCUT2D eigenvalue weighted by atomic mass is 79.9. The number of imidazole rings is 1. The first-order valence-electron chi connectivity index (χ1n) is 7.14. The lowest BCUT2D eigenvalue weighted by molar-refractivity contribution is 0.314. The first-order valence-corrected chi connectivity index (χ1v) is 9.37. The summed E-state index contributed by atoms with van der Waals surface area (Å²) in [6.45, 7) is 2.52. The van der Waals surface area contributed by atoms with Gasteiger partial charge in [-0.1, -0.05) is 19.1 Å². The molecule has 5 nitrogen and oxygen atoms in total. The smallest absolute Gasteiger partial charge is 0.269 e. The van der Waals surface area contributed by atoms with Crippen LogP contribution in [0.15, 0.2) is 58.2 Å². The van der Waals surface area contributed by atoms with E-state index in [1.165, 1.54) is 16.4 Å². The van der Waals surface area contributed by atoms with Crippen LogP contribution in [0, 0.1) is 0 Å². The molecule has 0 fully saturated rings. The van der Waals surface area contributed by atoms with E-state index in [0.29, 0.717) is 23.4 Å². The molecular formula is C16H15BrN2O3S. The second-order valence-electron chi connectivity index (χ2n) is 4.97. The van der Waals surface area contributed by atoms with Crippen LogP contribution in [-0.4, -0.2) is 24.0 Å². The number of rotatable bonds is 5. The molecular weight excluding hydrogens is 380 g/mol. The Labute approximate surface area is 143 Å². The topological polar surface area (TPSA) is 61.2 Å². The van der Waals surface area contributed by atoms with Crippen LogP contribution in [0.4, 0.5) is 0 Å². The summed E-state index contributed by atoms with van der Waals surface area (Å²) in [6, 6.07) is 11.9. The zero-order chi connectivity index (χ0) is 16.4. The van der Waals surface area contributed by atoms with Crippen molar-refractivity contribution in [3.63, 3.8) is 0 Å². The van der Waals surface area contributed by atoms with E-state index in [2.05, 4.69) is 20.9 Å². The maximum Gasteiger partial charge on any atom is 0.269 e. The molecule has 0 aliphatic heterocycles. The summed E-state index contributed by atoms with van der Waals surface area (Å²) in [5, 5.41) is 0. The average molecular weight is 395 g/mol. The molecule has 3 rings (SSSR count). The maximum absolute atomic E-state index is 12.9. The summed E-state index contributed by atoms with van der Waals surface area (Å²) in [5.74, 6) is 0.511. The van der Waals surface area contributed by atoms with Gasteiger partial charge in [0.15, 0.2) is 0 Å². The normalized spacial score (nSPS) is 11.7. The quantitative estimate of drug-likeness (QED) is 0.659. The lowest BCUT2D eigenvalue weighted by atomic mass is 10.3. The molecule has 1 heterocycles. The van der Waals surface area contributed by atoms with Crippen molar-refractivity contribution in [2.24, 2.45) is 0 Å². The molecule has 0 N–H and O–H groups in total. The van der Waals surface area contributed by atoms with Gasteiger partial charge in [0.1, 0.15) is 12.1 Å². The van der Waals surface area contributed by atoms with E-state index < -0.39 is 10.0 Å². The predicted molar refractivity (Wildman–Crippen MR) is 92.2 cm³/mol. The molecule has 0 aliphatic carbocycles. The third kappa shape index (κ3) is 2.98. The van der Waals surface area contributed by atoms with Crippen LogP contribution >= 0.6 is 15.9 Å². The van der Waals surface area contributed by atoms with Crippen molar-refractivity contribution in [3.05, 3.63) is 53.3 Å². The predicted octanol–water partition coefficient (Wildman–Crippen LogP) is 3.82. The molecule has 0 aliphatic rings. The first kappa shape index (κ1) is 16.0. The van der Waals surface area contributed by atoms with Gasteiger partial charge in [-0.15, -0.1) is 0 Å². The van der Waals surface area contributed by atoms with E-state index in [4.69, 9.17) is 4.74 Å². The largest absolute Gasteiger partial charge is 0.492 e. The monoisotopic (exact) mass is 394 g/mol. The average Bonchev–Trinajstić information content (AvgIpc) is 2.98. The van der Waals surface area contributed by atoms with Gasteiger partial charge in [-0.2, -0.15) is 0 Å². The van der Waals surface area contributed by atoms with E-state index in [1.807, 2.05) is 13.0 Å². The van der Waals surface area contributed by atoms with Crippen molar-refractivity contribution in [2.45, 2.75) is 18.2 Å².